The third-order valence-electron chi connectivity index (χ3n) is 0.770. The van der Waals surface area contributed by atoms with Gasteiger partial charge >= 0.3 is 0 Å². The lowest BCUT2D eigenvalue weighted by Crippen LogP contribution is -1.94. The Morgan fingerprint density at radius 1 is 1.70 bits per heavy atom. The SMILES string of the molecule is CC(O)Sc1ccnnn1. The molecule has 0 saturated carbocycles. The lowest BCUT2D eigenvalue weighted by molar-refractivity contribution is 0.283. The van der Waals surface area contributed by atoms with Crippen molar-refractivity contribution in [3.8, 4) is 0 Å². The summed E-state index contributed by atoms with van der Waals surface area (Å²) in [4.78, 5) is 0. The summed E-state index contributed by atoms with van der Waals surface area (Å²) in [6, 6.07) is 1.70. The molecule has 54 valence electrons. The molecule has 0 spiro atoms. The van der Waals surface area contributed by atoms with Crippen LogP contribution in [0.2, 0.25) is 0 Å². The molecule has 1 aromatic heterocycles. The van der Waals surface area contributed by atoms with Crippen molar-refractivity contribution in [1.82, 2.24) is 15.4 Å². The summed E-state index contributed by atoms with van der Waals surface area (Å²) >= 11 is 1.24. The molecule has 0 radical (unpaired) electrons. The van der Waals surface area contributed by atoms with Crippen LogP contribution in [0.5, 0.6) is 0 Å². The predicted octanol–water partition coefficient (Wildman–Crippen LogP) is 0.302. The van der Waals surface area contributed by atoms with Crippen LogP contribution in [0.1, 0.15) is 6.92 Å². The van der Waals surface area contributed by atoms with Crippen LogP contribution in [0.3, 0.4) is 0 Å². The fourth-order valence-corrected chi connectivity index (χ4v) is 1.04. The highest BCUT2D eigenvalue weighted by Crippen LogP contribution is 2.16. The first-order valence-electron chi connectivity index (χ1n) is 2.78. The number of hydrogen-bond acceptors (Lipinski definition) is 5. The van der Waals surface area contributed by atoms with Crippen molar-refractivity contribution in [2.24, 2.45) is 0 Å². The molecular formula is C5H7N3OS. The Bertz CT molecular complexity index is 191. The molecule has 0 fully saturated rings. The zero-order valence-electron chi connectivity index (χ0n) is 5.43. The Kier molecular flexibility index (Phi) is 2.58. The summed E-state index contributed by atoms with van der Waals surface area (Å²) in [7, 11) is 0. The molecule has 10 heavy (non-hydrogen) atoms. The van der Waals surface area contributed by atoms with E-state index >= 15 is 0 Å². The van der Waals surface area contributed by atoms with Gasteiger partial charge in [0.25, 0.3) is 0 Å². The fraction of sp³-hybridized carbons (Fsp3) is 0.400. The van der Waals surface area contributed by atoms with Crippen molar-refractivity contribution >= 4 is 11.8 Å². The normalized spacial score (nSPS) is 13.0. The van der Waals surface area contributed by atoms with Crippen molar-refractivity contribution in [2.75, 3.05) is 0 Å². The Balaban J connectivity index is 2.59. The van der Waals surface area contributed by atoms with Gasteiger partial charge in [-0.25, -0.2) is 0 Å². The van der Waals surface area contributed by atoms with E-state index in [9.17, 15) is 0 Å². The first-order valence-corrected chi connectivity index (χ1v) is 3.66. The maximum absolute atomic E-state index is 8.88. The summed E-state index contributed by atoms with van der Waals surface area (Å²) in [6.45, 7) is 1.67. The van der Waals surface area contributed by atoms with Gasteiger partial charge in [0.1, 0.15) is 10.5 Å². The number of hydrogen-bond donors (Lipinski definition) is 1. The van der Waals surface area contributed by atoms with Gasteiger partial charge in [0.05, 0.1) is 6.20 Å². The summed E-state index contributed by atoms with van der Waals surface area (Å²) in [6.07, 6.45) is 1.54. The van der Waals surface area contributed by atoms with Crippen LogP contribution in [0.4, 0.5) is 0 Å². The Morgan fingerprint density at radius 3 is 3.00 bits per heavy atom. The number of aliphatic hydroxyl groups excluding tert-OH is 1. The molecule has 4 nitrogen and oxygen atoms in total. The van der Waals surface area contributed by atoms with Gasteiger partial charge in [0, 0.05) is 0 Å². The number of thioether (sulfide) groups is 1. The third-order valence-corrected chi connectivity index (χ3v) is 1.57. The second-order valence-corrected chi connectivity index (χ2v) is 3.01. The van der Waals surface area contributed by atoms with E-state index in [1.807, 2.05) is 0 Å². The molecular weight excluding hydrogens is 150 g/mol. The monoisotopic (exact) mass is 157 g/mol. The average molecular weight is 157 g/mol. The minimum atomic E-state index is -0.448. The Labute approximate surface area is 62.7 Å². The van der Waals surface area contributed by atoms with E-state index in [0.717, 1.165) is 0 Å². The maximum atomic E-state index is 8.88. The second kappa shape index (κ2) is 3.48. The van der Waals surface area contributed by atoms with E-state index in [4.69, 9.17) is 5.11 Å². The van der Waals surface area contributed by atoms with Crippen molar-refractivity contribution in [3.05, 3.63) is 12.3 Å². The second-order valence-electron chi connectivity index (χ2n) is 1.68. The summed E-state index contributed by atoms with van der Waals surface area (Å²) in [5.41, 5.74) is -0.448. The van der Waals surface area contributed by atoms with Crippen LogP contribution in [0.15, 0.2) is 17.3 Å². The minimum Gasteiger partial charge on any atom is -0.382 e. The molecule has 0 saturated heterocycles. The van der Waals surface area contributed by atoms with Crippen molar-refractivity contribution in [2.45, 2.75) is 17.4 Å². The quantitative estimate of drug-likeness (QED) is 0.494. The van der Waals surface area contributed by atoms with Gasteiger partial charge in [0.2, 0.25) is 0 Å². The number of aromatic nitrogens is 3. The van der Waals surface area contributed by atoms with Gasteiger partial charge in [-0.05, 0) is 18.2 Å². The van der Waals surface area contributed by atoms with Crippen LogP contribution >= 0.6 is 11.8 Å². The molecule has 0 aliphatic rings. The standard InChI is InChI=1S/C5H7N3OS/c1-4(9)10-5-2-3-6-8-7-5/h2-4,9H,1H3. The molecule has 1 atom stereocenters. The van der Waals surface area contributed by atoms with E-state index in [-0.39, 0.29) is 0 Å². The number of rotatable bonds is 2. The van der Waals surface area contributed by atoms with E-state index < -0.39 is 5.44 Å². The molecule has 0 aliphatic carbocycles. The Hall–Kier alpha value is -0.680. The molecule has 0 bridgehead atoms. The van der Waals surface area contributed by atoms with Crippen molar-refractivity contribution < 1.29 is 5.11 Å². The number of nitrogens with zero attached hydrogens (tertiary/aromatic N) is 3. The molecule has 1 unspecified atom stereocenters. The largest absolute Gasteiger partial charge is 0.382 e. The van der Waals surface area contributed by atoms with Gasteiger partial charge in [-0.1, -0.05) is 11.8 Å². The van der Waals surface area contributed by atoms with Crippen LogP contribution in [0.25, 0.3) is 0 Å². The predicted molar refractivity (Wildman–Crippen MR) is 37.4 cm³/mol. The zero-order chi connectivity index (χ0) is 7.40. The minimum absolute atomic E-state index is 0.448. The van der Waals surface area contributed by atoms with Crippen LogP contribution in [-0.2, 0) is 0 Å². The Morgan fingerprint density at radius 2 is 2.50 bits per heavy atom. The van der Waals surface area contributed by atoms with E-state index in [0.29, 0.717) is 5.03 Å². The third kappa shape index (κ3) is 2.28. The van der Waals surface area contributed by atoms with E-state index in [1.165, 1.54) is 18.0 Å². The molecule has 0 amide bonds. The highest BCUT2D eigenvalue weighted by Gasteiger charge is 1.98. The van der Waals surface area contributed by atoms with Gasteiger partial charge in [-0.3, -0.25) is 0 Å². The molecule has 5 heteroatoms. The maximum Gasteiger partial charge on any atom is 0.125 e. The highest BCUT2D eigenvalue weighted by atomic mass is 32.2. The van der Waals surface area contributed by atoms with Crippen molar-refractivity contribution in [3.63, 3.8) is 0 Å². The smallest absolute Gasteiger partial charge is 0.125 e. The highest BCUT2D eigenvalue weighted by molar-refractivity contribution is 7.99. The number of aliphatic hydroxyl groups is 1. The summed E-state index contributed by atoms with van der Waals surface area (Å²) in [5.74, 6) is 0. The lowest BCUT2D eigenvalue weighted by atomic mass is 10.7. The molecule has 1 heterocycles. The summed E-state index contributed by atoms with van der Waals surface area (Å²) < 4.78 is 0. The average Bonchev–Trinajstić information content (AvgIpc) is 1.88. The van der Waals surface area contributed by atoms with E-state index in [1.54, 1.807) is 13.0 Å². The first-order chi connectivity index (χ1) is 4.79. The first kappa shape index (κ1) is 7.43. The molecule has 1 aromatic rings. The molecule has 0 aliphatic heterocycles. The lowest BCUT2D eigenvalue weighted by Gasteiger charge is -1.99. The van der Waals surface area contributed by atoms with Crippen LogP contribution < -0.4 is 0 Å². The molecule has 1 rings (SSSR count). The topological polar surface area (TPSA) is 58.9 Å². The van der Waals surface area contributed by atoms with Gasteiger partial charge in [0.15, 0.2) is 0 Å². The zero-order valence-corrected chi connectivity index (χ0v) is 6.25. The molecule has 1 N–H and O–H groups in total. The fourth-order valence-electron chi connectivity index (χ4n) is 0.468. The van der Waals surface area contributed by atoms with Gasteiger partial charge in [-0.2, -0.15) is 0 Å². The van der Waals surface area contributed by atoms with Crippen LogP contribution in [0, 0.1) is 0 Å². The summed E-state index contributed by atoms with van der Waals surface area (Å²) in [5, 5.41) is 20.1. The molecule has 0 aromatic carbocycles. The van der Waals surface area contributed by atoms with Crippen LogP contribution in [-0.4, -0.2) is 26.0 Å². The van der Waals surface area contributed by atoms with Gasteiger partial charge < -0.3 is 5.11 Å². The van der Waals surface area contributed by atoms with E-state index in [2.05, 4.69) is 15.4 Å². The van der Waals surface area contributed by atoms with Crippen molar-refractivity contribution in [1.29, 1.82) is 0 Å². The van der Waals surface area contributed by atoms with Gasteiger partial charge in [-0.15, -0.1) is 10.2 Å².